The lowest BCUT2D eigenvalue weighted by Crippen LogP contribution is -2.40. The number of carboxylic acids is 2. The maximum Gasteiger partial charge on any atom is 0.343 e. The summed E-state index contributed by atoms with van der Waals surface area (Å²) in [6.07, 6.45) is -1.20. The van der Waals surface area contributed by atoms with Gasteiger partial charge >= 0.3 is 19.5 Å². The molecule has 0 aromatic heterocycles. The van der Waals surface area contributed by atoms with Gasteiger partial charge in [0.15, 0.2) is 0 Å². The van der Waals surface area contributed by atoms with Crippen LogP contribution in [0, 0.1) is 0 Å². The molecular formula is C6H8NO8P. The third-order valence-electron chi connectivity index (χ3n) is 2.09. The van der Waals surface area contributed by atoms with Crippen molar-refractivity contribution in [2.45, 2.75) is 5.54 Å². The van der Waals surface area contributed by atoms with Gasteiger partial charge in [-0.3, -0.25) is 9.36 Å². The molecule has 0 unspecified atom stereocenters. The van der Waals surface area contributed by atoms with Crippen LogP contribution >= 0.6 is 7.60 Å². The molecular weight excluding hydrogens is 245 g/mol. The van der Waals surface area contributed by atoms with Gasteiger partial charge in [0.05, 0.1) is 6.54 Å². The highest BCUT2D eigenvalue weighted by atomic mass is 31.2. The number of carboxylic acid groups (broad SMARTS) is 2. The van der Waals surface area contributed by atoms with Gasteiger partial charge in [0.2, 0.25) is 5.91 Å². The van der Waals surface area contributed by atoms with Crippen LogP contribution < -0.4 is 0 Å². The van der Waals surface area contributed by atoms with Crippen LogP contribution in [0.3, 0.4) is 0 Å². The van der Waals surface area contributed by atoms with Crippen LogP contribution in [-0.2, 0) is 18.9 Å². The SMILES string of the molecule is O=C(CP(=O)(O)O)N1CC1(C(=O)O)C(=O)O. The molecule has 0 saturated carbocycles. The molecule has 10 heteroatoms. The fourth-order valence-electron chi connectivity index (χ4n) is 1.21. The van der Waals surface area contributed by atoms with E-state index in [4.69, 9.17) is 20.0 Å². The first-order valence-electron chi connectivity index (χ1n) is 3.93. The molecule has 1 saturated heterocycles. The van der Waals surface area contributed by atoms with Gasteiger partial charge < -0.3 is 24.9 Å². The van der Waals surface area contributed by atoms with Crippen molar-refractivity contribution >= 4 is 25.4 Å². The monoisotopic (exact) mass is 253 g/mol. The van der Waals surface area contributed by atoms with Gasteiger partial charge in [-0.25, -0.2) is 9.59 Å². The van der Waals surface area contributed by atoms with Crippen molar-refractivity contribution < 1.29 is 38.9 Å². The van der Waals surface area contributed by atoms with Gasteiger partial charge in [-0.2, -0.15) is 0 Å². The molecule has 1 aliphatic heterocycles. The molecule has 1 heterocycles. The summed E-state index contributed by atoms with van der Waals surface area (Å²) in [6.45, 7) is -0.587. The molecule has 9 nitrogen and oxygen atoms in total. The topological polar surface area (TPSA) is 152 Å². The molecule has 1 aliphatic rings. The maximum atomic E-state index is 11.2. The standard InChI is InChI=1S/C6H8NO8P/c8-3(1-16(13,14)15)7-2-6(7,4(9)10)5(11)12/h1-2H2,(H,9,10)(H,11,12)(H2,13,14,15). The van der Waals surface area contributed by atoms with Gasteiger partial charge in [0.1, 0.15) is 6.16 Å². The van der Waals surface area contributed by atoms with E-state index in [0.29, 0.717) is 4.90 Å². The third-order valence-corrected chi connectivity index (χ3v) is 2.78. The Balaban J connectivity index is 2.81. The molecule has 1 rings (SSSR count). The van der Waals surface area contributed by atoms with Gasteiger partial charge in [-0.1, -0.05) is 0 Å². The van der Waals surface area contributed by atoms with E-state index in [1.54, 1.807) is 0 Å². The first kappa shape index (κ1) is 12.6. The molecule has 16 heavy (non-hydrogen) atoms. The van der Waals surface area contributed by atoms with E-state index in [1.165, 1.54) is 0 Å². The van der Waals surface area contributed by atoms with Crippen LogP contribution in [0.1, 0.15) is 0 Å². The van der Waals surface area contributed by atoms with Crippen LogP contribution in [0.5, 0.6) is 0 Å². The van der Waals surface area contributed by atoms with Crippen molar-refractivity contribution in [2.24, 2.45) is 0 Å². The summed E-state index contributed by atoms with van der Waals surface area (Å²) in [5.74, 6) is -4.67. The summed E-state index contributed by atoms with van der Waals surface area (Å²) in [7, 11) is -4.63. The molecule has 0 spiro atoms. The highest BCUT2D eigenvalue weighted by Crippen LogP contribution is 2.39. The molecule has 0 aromatic carbocycles. The molecule has 0 radical (unpaired) electrons. The summed E-state index contributed by atoms with van der Waals surface area (Å²) in [5.41, 5.74) is -2.37. The number of aliphatic carboxylic acids is 2. The molecule has 0 atom stereocenters. The van der Waals surface area contributed by atoms with Crippen molar-refractivity contribution in [1.82, 2.24) is 4.90 Å². The van der Waals surface area contributed by atoms with Crippen LogP contribution in [0.4, 0.5) is 0 Å². The third kappa shape index (κ3) is 2.06. The Morgan fingerprint density at radius 3 is 1.88 bits per heavy atom. The van der Waals surface area contributed by atoms with Crippen molar-refractivity contribution in [2.75, 3.05) is 12.7 Å². The predicted octanol–water partition coefficient (Wildman–Crippen LogP) is -2.09. The van der Waals surface area contributed by atoms with Gasteiger partial charge in [-0.15, -0.1) is 0 Å². The summed E-state index contributed by atoms with van der Waals surface area (Å²) in [4.78, 5) is 49.8. The average Bonchev–Trinajstić information content (AvgIpc) is 2.74. The van der Waals surface area contributed by atoms with E-state index < -0.39 is 43.7 Å². The number of rotatable bonds is 4. The Labute approximate surface area is 88.4 Å². The minimum absolute atomic E-state index is 0.400. The zero-order chi connectivity index (χ0) is 12.7. The summed E-state index contributed by atoms with van der Waals surface area (Å²) >= 11 is 0. The van der Waals surface area contributed by atoms with Crippen molar-refractivity contribution in [3.05, 3.63) is 0 Å². The molecule has 4 N–H and O–H groups in total. The van der Waals surface area contributed by atoms with Crippen LogP contribution in [-0.4, -0.2) is 61.0 Å². The van der Waals surface area contributed by atoms with Crippen LogP contribution in [0.15, 0.2) is 0 Å². The van der Waals surface area contributed by atoms with Gasteiger partial charge in [0.25, 0.3) is 5.54 Å². The molecule has 0 aliphatic carbocycles. The lowest BCUT2D eigenvalue weighted by Gasteiger charge is -2.09. The quantitative estimate of drug-likeness (QED) is 0.253. The van der Waals surface area contributed by atoms with Crippen LogP contribution in [0.25, 0.3) is 0 Å². The first-order chi connectivity index (χ1) is 7.11. The van der Waals surface area contributed by atoms with E-state index in [9.17, 15) is 18.9 Å². The zero-order valence-corrected chi connectivity index (χ0v) is 8.62. The summed E-state index contributed by atoms with van der Waals surface area (Å²) < 4.78 is 10.5. The van der Waals surface area contributed by atoms with Crippen molar-refractivity contribution in [1.29, 1.82) is 0 Å². The maximum absolute atomic E-state index is 11.2. The Kier molecular flexibility index (Phi) is 2.80. The van der Waals surface area contributed by atoms with Gasteiger partial charge in [-0.05, 0) is 0 Å². The second-order valence-corrected chi connectivity index (χ2v) is 4.92. The van der Waals surface area contributed by atoms with E-state index in [1.807, 2.05) is 0 Å². The smallest absolute Gasteiger partial charge is 0.343 e. The zero-order valence-electron chi connectivity index (χ0n) is 7.73. The second kappa shape index (κ2) is 3.55. The second-order valence-electron chi connectivity index (χ2n) is 3.27. The Morgan fingerprint density at radius 2 is 1.62 bits per heavy atom. The lowest BCUT2D eigenvalue weighted by molar-refractivity contribution is -0.155. The number of nitrogens with zero attached hydrogens (tertiary/aromatic N) is 1. The number of carbonyl (C=O) groups is 3. The minimum atomic E-state index is -4.63. The minimum Gasteiger partial charge on any atom is -0.479 e. The summed E-state index contributed by atoms with van der Waals surface area (Å²) in [6, 6.07) is 0. The molecule has 0 aromatic rings. The average molecular weight is 253 g/mol. The van der Waals surface area contributed by atoms with Crippen molar-refractivity contribution in [3.8, 4) is 0 Å². The van der Waals surface area contributed by atoms with Gasteiger partial charge in [0, 0.05) is 0 Å². The largest absolute Gasteiger partial charge is 0.479 e. The highest BCUT2D eigenvalue weighted by Gasteiger charge is 2.68. The summed E-state index contributed by atoms with van der Waals surface area (Å²) in [5, 5.41) is 17.2. The normalized spacial score (nSPS) is 18.0. The first-order valence-corrected chi connectivity index (χ1v) is 5.73. The van der Waals surface area contributed by atoms with E-state index in [0.717, 1.165) is 0 Å². The Bertz CT molecular complexity index is 397. The van der Waals surface area contributed by atoms with E-state index >= 15 is 0 Å². The number of hydrogen-bond donors (Lipinski definition) is 4. The van der Waals surface area contributed by atoms with Crippen molar-refractivity contribution in [3.63, 3.8) is 0 Å². The molecule has 1 fully saturated rings. The van der Waals surface area contributed by atoms with E-state index in [2.05, 4.69) is 0 Å². The fraction of sp³-hybridized carbons (Fsp3) is 0.500. The highest BCUT2D eigenvalue weighted by molar-refractivity contribution is 7.52. The lowest BCUT2D eigenvalue weighted by atomic mass is 10.1. The fourth-order valence-corrected chi connectivity index (χ4v) is 1.74. The molecule has 1 amide bonds. The number of hydrogen-bond acceptors (Lipinski definition) is 4. The number of amides is 1. The molecule has 90 valence electrons. The number of carbonyl (C=O) groups excluding carboxylic acids is 1. The Hall–Kier alpha value is -1.44. The molecule has 0 bridgehead atoms. The van der Waals surface area contributed by atoms with Crippen LogP contribution in [0.2, 0.25) is 0 Å². The Morgan fingerprint density at radius 1 is 1.19 bits per heavy atom. The predicted molar refractivity (Wildman–Crippen MR) is 46.6 cm³/mol. The van der Waals surface area contributed by atoms with E-state index in [-0.39, 0.29) is 0 Å².